The van der Waals surface area contributed by atoms with Gasteiger partial charge in [0.1, 0.15) is 6.61 Å². The van der Waals surface area contributed by atoms with Crippen molar-refractivity contribution in [3.8, 4) is 11.8 Å². The van der Waals surface area contributed by atoms with Crippen LogP contribution in [0.25, 0.3) is 0 Å². The Kier molecular flexibility index (Phi) is 5.32. The quantitative estimate of drug-likeness (QED) is 0.813. The molecule has 5 nitrogen and oxygen atoms in total. The number of nitrogens with one attached hydrogen (secondary N) is 1. The molecule has 0 aromatic carbocycles. The van der Waals surface area contributed by atoms with Crippen molar-refractivity contribution < 1.29 is 14.6 Å². The third-order valence-electron chi connectivity index (χ3n) is 3.69. The van der Waals surface area contributed by atoms with Gasteiger partial charge in [0, 0.05) is 37.7 Å². The van der Waals surface area contributed by atoms with Gasteiger partial charge in [0.15, 0.2) is 0 Å². The van der Waals surface area contributed by atoms with E-state index in [1.165, 1.54) is 6.20 Å². The second-order valence-corrected chi connectivity index (χ2v) is 5.53. The Bertz CT molecular complexity index is 554. The summed E-state index contributed by atoms with van der Waals surface area (Å²) in [5, 5.41) is 11.6. The molecular formula is C16H20N2O3. The van der Waals surface area contributed by atoms with Gasteiger partial charge >= 0.3 is 0 Å². The number of hydrogen-bond acceptors (Lipinski definition) is 4. The Labute approximate surface area is 124 Å². The van der Waals surface area contributed by atoms with Gasteiger partial charge in [-0.3, -0.25) is 9.78 Å². The van der Waals surface area contributed by atoms with E-state index < -0.39 is 0 Å². The fourth-order valence-corrected chi connectivity index (χ4v) is 2.21. The Morgan fingerprint density at radius 1 is 1.48 bits per heavy atom. The van der Waals surface area contributed by atoms with Gasteiger partial charge in [0.05, 0.1) is 5.56 Å². The molecule has 5 heteroatoms. The molecule has 1 saturated heterocycles. The summed E-state index contributed by atoms with van der Waals surface area (Å²) in [5.41, 5.74) is 1.19. The number of pyridine rings is 1. The number of hydrogen-bond donors (Lipinski definition) is 2. The number of rotatable bonds is 3. The largest absolute Gasteiger partial charge is 0.384 e. The molecular weight excluding hydrogens is 268 g/mol. The molecule has 2 rings (SSSR count). The highest BCUT2D eigenvalue weighted by molar-refractivity contribution is 5.94. The first-order valence-electron chi connectivity index (χ1n) is 7.04. The molecule has 0 radical (unpaired) electrons. The van der Waals surface area contributed by atoms with Crippen LogP contribution in [0.15, 0.2) is 18.5 Å². The highest BCUT2D eigenvalue weighted by Crippen LogP contribution is 2.28. The highest BCUT2D eigenvalue weighted by atomic mass is 16.5. The normalized spacial score (nSPS) is 16.7. The summed E-state index contributed by atoms with van der Waals surface area (Å²) >= 11 is 0. The standard InChI is InChI=1S/C16H20N2O3/c1-16(4-7-21-8-5-16)12-18-15(20)14-9-13(3-2-6-19)10-17-11-14/h9-11,19H,4-8,12H2,1H3,(H,18,20). The summed E-state index contributed by atoms with van der Waals surface area (Å²) in [7, 11) is 0. The lowest BCUT2D eigenvalue weighted by atomic mass is 9.82. The second kappa shape index (κ2) is 7.21. The Morgan fingerprint density at radius 2 is 2.24 bits per heavy atom. The van der Waals surface area contributed by atoms with Gasteiger partial charge in [0.25, 0.3) is 5.91 Å². The summed E-state index contributed by atoms with van der Waals surface area (Å²) < 4.78 is 5.35. The molecule has 0 saturated carbocycles. The molecule has 0 spiro atoms. The predicted octanol–water partition coefficient (Wildman–Crippen LogP) is 0.972. The van der Waals surface area contributed by atoms with E-state index in [4.69, 9.17) is 9.84 Å². The van der Waals surface area contributed by atoms with Crippen molar-refractivity contribution in [3.05, 3.63) is 29.6 Å². The van der Waals surface area contributed by atoms with Crippen molar-refractivity contribution in [2.45, 2.75) is 19.8 Å². The third kappa shape index (κ3) is 4.55. The van der Waals surface area contributed by atoms with Gasteiger partial charge in [-0.15, -0.1) is 0 Å². The van der Waals surface area contributed by atoms with E-state index in [0.29, 0.717) is 17.7 Å². The van der Waals surface area contributed by atoms with Crippen molar-refractivity contribution in [1.82, 2.24) is 10.3 Å². The number of nitrogens with zero attached hydrogens (tertiary/aromatic N) is 1. The van der Waals surface area contributed by atoms with E-state index in [2.05, 4.69) is 29.1 Å². The van der Waals surface area contributed by atoms with Crippen LogP contribution in [0.2, 0.25) is 0 Å². The second-order valence-electron chi connectivity index (χ2n) is 5.53. The number of aliphatic hydroxyl groups excluding tert-OH is 1. The van der Waals surface area contributed by atoms with Crippen molar-refractivity contribution in [3.63, 3.8) is 0 Å². The average molecular weight is 288 g/mol. The molecule has 0 aliphatic carbocycles. The van der Waals surface area contributed by atoms with Crippen molar-refractivity contribution >= 4 is 5.91 Å². The van der Waals surface area contributed by atoms with Gasteiger partial charge in [-0.25, -0.2) is 0 Å². The van der Waals surface area contributed by atoms with E-state index in [9.17, 15) is 4.79 Å². The van der Waals surface area contributed by atoms with Crippen LogP contribution < -0.4 is 5.32 Å². The van der Waals surface area contributed by atoms with E-state index >= 15 is 0 Å². The summed E-state index contributed by atoms with van der Waals surface area (Å²) in [6.07, 6.45) is 4.99. The minimum absolute atomic E-state index is 0.0929. The number of carbonyl (C=O) groups is 1. The SMILES string of the molecule is CC1(CNC(=O)c2cncc(C#CCO)c2)CCOCC1. The molecule has 1 amide bonds. The number of aliphatic hydroxyl groups is 1. The lowest BCUT2D eigenvalue weighted by Gasteiger charge is -2.33. The number of amides is 1. The van der Waals surface area contributed by atoms with Gasteiger partial charge in [0.2, 0.25) is 0 Å². The fourth-order valence-electron chi connectivity index (χ4n) is 2.21. The van der Waals surface area contributed by atoms with Gasteiger partial charge in [-0.1, -0.05) is 18.8 Å². The molecule has 21 heavy (non-hydrogen) atoms. The summed E-state index contributed by atoms with van der Waals surface area (Å²) in [4.78, 5) is 16.2. The molecule has 0 bridgehead atoms. The summed E-state index contributed by atoms with van der Waals surface area (Å²) in [6, 6.07) is 1.68. The molecule has 1 aliphatic heterocycles. The maximum Gasteiger partial charge on any atom is 0.252 e. The third-order valence-corrected chi connectivity index (χ3v) is 3.69. The number of carbonyl (C=O) groups excluding carboxylic acids is 1. The van der Waals surface area contributed by atoms with Crippen LogP contribution in [0, 0.1) is 17.3 Å². The van der Waals surface area contributed by atoms with E-state index in [1.54, 1.807) is 12.3 Å². The van der Waals surface area contributed by atoms with Crippen LogP contribution in [-0.2, 0) is 4.74 Å². The average Bonchev–Trinajstić information content (AvgIpc) is 2.52. The zero-order chi connectivity index (χ0) is 15.1. The monoisotopic (exact) mass is 288 g/mol. The van der Waals surface area contributed by atoms with Crippen LogP contribution in [0.1, 0.15) is 35.7 Å². The molecule has 2 heterocycles. The van der Waals surface area contributed by atoms with Gasteiger partial charge in [-0.05, 0) is 24.3 Å². The van der Waals surface area contributed by atoms with E-state index in [1.807, 2.05) is 0 Å². The highest BCUT2D eigenvalue weighted by Gasteiger charge is 2.27. The van der Waals surface area contributed by atoms with E-state index in [-0.39, 0.29) is 17.9 Å². The first kappa shape index (κ1) is 15.5. The van der Waals surface area contributed by atoms with Crippen LogP contribution in [0.4, 0.5) is 0 Å². The first-order valence-corrected chi connectivity index (χ1v) is 7.04. The first-order chi connectivity index (χ1) is 10.1. The molecule has 1 aromatic rings. The van der Waals surface area contributed by atoms with Crippen molar-refractivity contribution in [1.29, 1.82) is 0 Å². The molecule has 1 aromatic heterocycles. The van der Waals surface area contributed by atoms with Crippen LogP contribution in [0.5, 0.6) is 0 Å². The molecule has 0 unspecified atom stereocenters. The van der Waals surface area contributed by atoms with Gasteiger partial charge in [-0.2, -0.15) is 0 Å². The van der Waals surface area contributed by atoms with Gasteiger partial charge < -0.3 is 15.2 Å². The maximum atomic E-state index is 12.2. The zero-order valence-corrected chi connectivity index (χ0v) is 12.2. The van der Waals surface area contributed by atoms with Crippen molar-refractivity contribution in [2.75, 3.05) is 26.4 Å². The van der Waals surface area contributed by atoms with Crippen LogP contribution in [-0.4, -0.2) is 42.4 Å². The van der Waals surface area contributed by atoms with E-state index in [0.717, 1.165) is 26.1 Å². The van der Waals surface area contributed by atoms with Crippen LogP contribution in [0.3, 0.4) is 0 Å². The zero-order valence-electron chi connectivity index (χ0n) is 12.2. The summed E-state index contributed by atoms with van der Waals surface area (Å²) in [5.74, 6) is 5.13. The Balaban J connectivity index is 1.96. The Hall–Kier alpha value is -1.90. The molecule has 0 atom stereocenters. The molecule has 112 valence electrons. The minimum atomic E-state index is -0.211. The smallest absolute Gasteiger partial charge is 0.252 e. The lowest BCUT2D eigenvalue weighted by molar-refractivity contribution is 0.0238. The number of aromatic nitrogens is 1. The fraction of sp³-hybridized carbons (Fsp3) is 0.500. The lowest BCUT2D eigenvalue weighted by Crippen LogP contribution is -2.39. The maximum absolute atomic E-state index is 12.2. The molecule has 1 aliphatic rings. The topological polar surface area (TPSA) is 71.5 Å². The van der Waals surface area contributed by atoms with Crippen molar-refractivity contribution in [2.24, 2.45) is 5.41 Å². The minimum Gasteiger partial charge on any atom is -0.384 e. The summed E-state index contributed by atoms with van der Waals surface area (Å²) in [6.45, 7) is 4.08. The Morgan fingerprint density at radius 3 is 2.95 bits per heavy atom. The molecule has 1 fully saturated rings. The predicted molar refractivity (Wildman–Crippen MR) is 78.7 cm³/mol. The van der Waals surface area contributed by atoms with Crippen LogP contribution >= 0.6 is 0 Å². The number of ether oxygens (including phenoxy) is 1. The molecule has 2 N–H and O–H groups in total.